The average molecular weight is 254 g/mol. The van der Waals surface area contributed by atoms with Gasteiger partial charge in [-0.1, -0.05) is 19.8 Å². The summed E-state index contributed by atoms with van der Waals surface area (Å²) in [5, 5.41) is 13.9. The van der Waals surface area contributed by atoms with Gasteiger partial charge in [0.2, 0.25) is 11.8 Å². The first kappa shape index (κ1) is 14.1. The van der Waals surface area contributed by atoms with Crippen LogP contribution in [0, 0.1) is 17.0 Å². The summed E-state index contributed by atoms with van der Waals surface area (Å²) in [5.74, 6) is 5.59. The highest BCUT2D eigenvalue weighted by atomic mass is 16.6. The Labute approximate surface area is 105 Å². The van der Waals surface area contributed by atoms with Crippen LogP contribution in [0.5, 0.6) is 0 Å². The number of rotatable bonds is 7. The lowest BCUT2D eigenvalue weighted by Crippen LogP contribution is -2.15. The van der Waals surface area contributed by atoms with E-state index in [1.807, 2.05) is 0 Å². The number of nitrogens with one attached hydrogen (secondary N) is 2. The fraction of sp³-hybridized carbons (Fsp3) is 0.600. The number of aryl methyl sites for hydroxylation is 1. The average Bonchev–Trinajstić information content (AvgIpc) is 2.33. The van der Waals surface area contributed by atoms with Crippen LogP contribution in [0.4, 0.5) is 17.5 Å². The number of hydrogen-bond acceptors (Lipinski definition) is 7. The molecule has 0 amide bonds. The minimum absolute atomic E-state index is 0.106. The van der Waals surface area contributed by atoms with Crippen molar-refractivity contribution in [1.29, 1.82) is 0 Å². The van der Waals surface area contributed by atoms with Crippen LogP contribution in [-0.2, 0) is 0 Å². The number of nitrogen functional groups attached to an aromatic ring is 1. The Morgan fingerprint density at radius 2 is 2.11 bits per heavy atom. The molecule has 1 rings (SSSR count). The Hall–Kier alpha value is -1.96. The fourth-order valence-corrected chi connectivity index (χ4v) is 1.56. The maximum absolute atomic E-state index is 11.0. The van der Waals surface area contributed by atoms with Crippen molar-refractivity contribution >= 4 is 17.5 Å². The van der Waals surface area contributed by atoms with Gasteiger partial charge >= 0.3 is 5.69 Å². The van der Waals surface area contributed by atoms with E-state index in [9.17, 15) is 10.1 Å². The highest BCUT2D eigenvalue weighted by Crippen LogP contribution is 2.26. The SMILES string of the molecule is CCCCCNc1nc(NN)nc(C)c1[N+](=O)[O-]. The van der Waals surface area contributed by atoms with Crippen LogP contribution >= 0.6 is 0 Å². The van der Waals surface area contributed by atoms with E-state index in [1.54, 1.807) is 6.92 Å². The summed E-state index contributed by atoms with van der Waals surface area (Å²) in [6.07, 6.45) is 3.08. The molecule has 0 saturated carbocycles. The number of hydrazine groups is 1. The summed E-state index contributed by atoms with van der Waals surface area (Å²) in [5.41, 5.74) is 2.46. The summed E-state index contributed by atoms with van der Waals surface area (Å²) in [7, 11) is 0. The van der Waals surface area contributed by atoms with Gasteiger partial charge in [-0.25, -0.2) is 10.8 Å². The van der Waals surface area contributed by atoms with Gasteiger partial charge in [-0.3, -0.25) is 15.5 Å². The van der Waals surface area contributed by atoms with Gasteiger partial charge in [0, 0.05) is 6.54 Å². The second-order valence-electron chi connectivity index (χ2n) is 3.87. The van der Waals surface area contributed by atoms with E-state index in [0.717, 1.165) is 19.3 Å². The molecule has 0 radical (unpaired) electrons. The zero-order valence-corrected chi connectivity index (χ0v) is 10.6. The van der Waals surface area contributed by atoms with Crippen molar-refractivity contribution in [1.82, 2.24) is 9.97 Å². The maximum atomic E-state index is 11.0. The Balaban J connectivity index is 2.91. The van der Waals surface area contributed by atoms with E-state index in [2.05, 4.69) is 27.6 Å². The molecule has 8 heteroatoms. The Morgan fingerprint density at radius 1 is 1.39 bits per heavy atom. The standard InChI is InChI=1S/C10H18N6O2/c1-3-4-5-6-12-9-8(16(17)18)7(2)13-10(14-9)15-11/h3-6,11H2,1-2H3,(H2,12,13,14,15). The van der Waals surface area contributed by atoms with Crippen molar-refractivity contribution in [2.45, 2.75) is 33.1 Å². The summed E-state index contributed by atoms with van der Waals surface area (Å²) in [4.78, 5) is 18.3. The highest BCUT2D eigenvalue weighted by molar-refractivity contribution is 5.60. The van der Waals surface area contributed by atoms with Gasteiger partial charge in [0.15, 0.2) is 0 Å². The molecule has 0 aromatic carbocycles. The molecule has 0 saturated heterocycles. The third kappa shape index (κ3) is 3.52. The van der Waals surface area contributed by atoms with Crippen LogP contribution in [0.1, 0.15) is 31.9 Å². The number of nitrogens with two attached hydrogens (primary N) is 1. The smallest absolute Gasteiger partial charge is 0.332 e. The second kappa shape index (κ2) is 6.70. The minimum Gasteiger partial charge on any atom is -0.364 e. The molecule has 0 aliphatic heterocycles. The maximum Gasteiger partial charge on any atom is 0.332 e. The zero-order chi connectivity index (χ0) is 13.5. The lowest BCUT2D eigenvalue weighted by molar-refractivity contribution is -0.385. The minimum atomic E-state index is -0.488. The first-order valence-corrected chi connectivity index (χ1v) is 5.83. The van der Waals surface area contributed by atoms with Crippen molar-refractivity contribution in [3.63, 3.8) is 0 Å². The summed E-state index contributed by atoms with van der Waals surface area (Å²) >= 11 is 0. The molecule has 0 spiro atoms. The van der Waals surface area contributed by atoms with Gasteiger partial charge < -0.3 is 5.32 Å². The van der Waals surface area contributed by atoms with Crippen LogP contribution in [0.2, 0.25) is 0 Å². The molecule has 1 aromatic rings. The van der Waals surface area contributed by atoms with E-state index >= 15 is 0 Å². The predicted octanol–water partition coefficient (Wildman–Crippen LogP) is 1.58. The predicted molar refractivity (Wildman–Crippen MR) is 69.2 cm³/mol. The van der Waals surface area contributed by atoms with Crippen molar-refractivity contribution in [2.75, 3.05) is 17.3 Å². The number of aromatic nitrogens is 2. The molecule has 0 aliphatic carbocycles. The van der Waals surface area contributed by atoms with E-state index in [1.165, 1.54) is 0 Å². The third-order valence-corrected chi connectivity index (χ3v) is 2.44. The number of nitro groups is 1. The van der Waals surface area contributed by atoms with Crippen molar-refractivity contribution in [3.8, 4) is 0 Å². The molecule has 1 heterocycles. The van der Waals surface area contributed by atoms with E-state index in [-0.39, 0.29) is 23.1 Å². The van der Waals surface area contributed by atoms with Crippen molar-refractivity contribution in [2.24, 2.45) is 5.84 Å². The summed E-state index contributed by atoms with van der Waals surface area (Å²) in [6, 6.07) is 0. The second-order valence-corrected chi connectivity index (χ2v) is 3.87. The first-order chi connectivity index (χ1) is 8.60. The highest BCUT2D eigenvalue weighted by Gasteiger charge is 2.21. The quantitative estimate of drug-likeness (QED) is 0.292. The van der Waals surface area contributed by atoms with E-state index < -0.39 is 4.92 Å². The Bertz CT molecular complexity index is 423. The van der Waals surface area contributed by atoms with Gasteiger partial charge in [0.1, 0.15) is 5.69 Å². The number of nitrogens with zero attached hydrogens (tertiary/aromatic N) is 3. The number of anilines is 2. The third-order valence-electron chi connectivity index (χ3n) is 2.44. The molecule has 0 unspecified atom stereocenters. The topological polar surface area (TPSA) is 119 Å². The van der Waals surface area contributed by atoms with Crippen molar-refractivity contribution in [3.05, 3.63) is 15.8 Å². The Morgan fingerprint density at radius 3 is 2.67 bits per heavy atom. The molecule has 0 bridgehead atoms. The van der Waals surface area contributed by atoms with Gasteiger partial charge in [-0.15, -0.1) is 0 Å². The van der Waals surface area contributed by atoms with Gasteiger partial charge in [-0.05, 0) is 13.3 Å². The van der Waals surface area contributed by atoms with Gasteiger partial charge in [0.05, 0.1) is 4.92 Å². The van der Waals surface area contributed by atoms with Crippen LogP contribution in [0.15, 0.2) is 0 Å². The van der Waals surface area contributed by atoms with Crippen LogP contribution in [-0.4, -0.2) is 21.4 Å². The van der Waals surface area contributed by atoms with Gasteiger partial charge in [0.25, 0.3) is 0 Å². The molecule has 0 atom stereocenters. The van der Waals surface area contributed by atoms with E-state index in [0.29, 0.717) is 6.54 Å². The van der Waals surface area contributed by atoms with Crippen LogP contribution in [0.25, 0.3) is 0 Å². The lowest BCUT2D eigenvalue weighted by Gasteiger charge is -2.08. The van der Waals surface area contributed by atoms with Crippen LogP contribution in [0.3, 0.4) is 0 Å². The largest absolute Gasteiger partial charge is 0.364 e. The molecule has 4 N–H and O–H groups in total. The molecule has 0 fully saturated rings. The number of hydrogen-bond donors (Lipinski definition) is 3. The monoisotopic (exact) mass is 254 g/mol. The van der Waals surface area contributed by atoms with Crippen LogP contribution < -0.4 is 16.6 Å². The molecular weight excluding hydrogens is 236 g/mol. The first-order valence-electron chi connectivity index (χ1n) is 5.83. The molecule has 8 nitrogen and oxygen atoms in total. The molecule has 18 heavy (non-hydrogen) atoms. The molecular formula is C10H18N6O2. The summed E-state index contributed by atoms with van der Waals surface area (Å²) < 4.78 is 0. The fourth-order valence-electron chi connectivity index (χ4n) is 1.56. The summed E-state index contributed by atoms with van der Waals surface area (Å²) in [6.45, 7) is 4.28. The molecule has 0 aliphatic rings. The zero-order valence-electron chi connectivity index (χ0n) is 10.6. The molecule has 100 valence electrons. The molecule has 1 aromatic heterocycles. The van der Waals surface area contributed by atoms with E-state index in [4.69, 9.17) is 5.84 Å². The lowest BCUT2D eigenvalue weighted by atomic mass is 10.2. The Kier molecular flexibility index (Phi) is 5.25. The van der Waals surface area contributed by atoms with Crippen molar-refractivity contribution < 1.29 is 4.92 Å². The normalized spacial score (nSPS) is 10.2. The number of unbranched alkanes of at least 4 members (excludes halogenated alkanes) is 2. The van der Waals surface area contributed by atoms with Gasteiger partial charge in [-0.2, -0.15) is 4.98 Å².